The molecule has 1 unspecified atom stereocenters. The first-order valence-electron chi connectivity index (χ1n) is 7.17. The van der Waals surface area contributed by atoms with E-state index in [0.717, 1.165) is 31.9 Å². The van der Waals surface area contributed by atoms with Crippen LogP contribution in [0.15, 0.2) is 36.7 Å². The van der Waals surface area contributed by atoms with Crippen LogP contribution in [-0.4, -0.2) is 61.7 Å². The zero-order valence-corrected chi connectivity index (χ0v) is 16.9. The van der Waals surface area contributed by atoms with Crippen molar-refractivity contribution in [3.63, 3.8) is 0 Å². The smallest absolute Gasteiger partial charge is 0.660 e. The van der Waals surface area contributed by atoms with Crippen molar-refractivity contribution in [1.82, 2.24) is 4.90 Å². The normalized spacial score (nSPS) is 17.6. The molecule has 2 heterocycles. The third-order valence-electron chi connectivity index (χ3n) is 2.93. The SMILES string of the molecule is C=CCN(C1=CC=CC[N-]1)C1CCCC[N-]1.O=[N+](O)O.O=[N+](O)O.[Zn+2]. The molecule has 0 aliphatic carbocycles. The molecule has 0 bridgehead atoms. The van der Waals surface area contributed by atoms with E-state index in [1.165, 1.54) is 12.8 Å². The number of nitrogens with zero attached hydrogens (tertiary/aromatic N) is 5. The van der Waals surface area contributed by atoms with Gasteiger partial charge in [0, 0.05) is 0 Å². The van der Waals surface area contributed by atoms with Gasteiger partial charge < -0.3 is 15.5 Å². The van der Waals surface area contributed by atoms with Gasteiger partial charge in [0.1, 0.15) is 9.81 Å². The van der Waals surface area contributed by atoms with Crippen LogP contribution in [0.2, 0.25) is 0 Å². The third-order valence-corrected chi connectivity index (χ3v) is 2.93. The molecular weight excluding hydrogens is 388 g/mol. The van der Waals surface area contributed by atoms with Gasteiger partial charge in [-0.3, -0.25) is 0 Å². The summed E-state index contributed by atoms with van der Waals surface area (Å²) in [6, 6.07) is 0. The van der Waals surface area contributed by atoms with E-state index in [9.17, 15) is 0 Å². The second-order valence-corrected chi connectivity index (χ2v) is 4.62. The van der Waals surface area contributed by atoms with Crippen LogP contribution in [0.1, 0.15) is 19.3 Å². The molecule has 0 amide bonds. The number of piperidine rings is 1. The zero-order chi connectivity index (χ0) is 18.4. The van der Waals surface area contributed by atoms with Crippen molar-refractivity contribution in [3.8, 4) is 0 Å². The summed E-state index contributed by atoms with van der Waals surface area (Å²) in [7, 11) is 0. The predicted molar refractivity (Wildman–Crippen MR) is 82.6 cm³/mol. The van der Waals surface area contributed by atoms with Gasteiger partial charge in [0.25, 0.3) is 0 Å². The molecule has 12 heteroatoms. The summed E-state index contributed by atoms with van der Waals surface area (Å²) in [5.41, 5.74) is 0. The zero-order valence-electron chi connectivity index (χ0n) is 13.9. The summed E-state index contributed by atoms with van der Waals surface area (Å²) >= 11 is 0. The van der Waals surface area contributed by atoms with E-state index < -0.39 is 10.2 Å². The number of hydrogen-bond donors (Lipinski definition) is 4. The fourth-order valence-corrected chi connectivity index (χ4v) is 2.13. The van der Waals surface area contributed by atoms with Crippen molar-refractivity contribution in [2.24, 2.45) is 0 Å². The maximum absolute atomic E-state index is 8.47. The minimum absolute atomic E-state index is 0. The van der Waals surface area contributed by atoms with Gasteiger partial charge in [0.15, 0.2) is 0 Å². The van der Waals surface area contributed by atoms with Gasteiger partial charge in [-0.05, 0) is 13.1 Å². The van der Waals surface area contributed by atoms with Gasteiger partial charge >= 0.3 is 29.7 Å². The Hall–Kier alpha value is -2.20. The maximum Gasteiger partial charge on any atom is 2.00 e. The summed E-state index contributed by atoms with van der Waals surface area (Å²) in [5, 5.41) is 34.2. The van der Waals surface area contributed by atoms with Crippen molar-refractivity contribution < 1.29 is 50.5 Å². The van der Waals surface area contributed by atoms with Gasteiger partial charge in [-0.2, -0.15) is 0 Å². The summed E-state index contributed by atoms with van der Waals surface area (Å²) in [5.74, 6) is 1.05. The van der Waals surface area contributed by atoms with E-state index in [0.29, 0.717) is 6.17 Å². The standard InChI is InChI=1S/C13H19N3.2H2NO3.Zn/c1-2-11-16(12-7-3-5-9-14-12)13-8-4-6-10-15-13;2*2-1(3)4;/h2-3,5,7,13H,1,4,6,8-11H2;2*(H2,2,3,4);/q-2;2*+1;+2. The van der Waals surface area contributed by atoms with Crippen LogP contribution >= 0.6 is 0 Å². The number of rotatable bonds is 4. The predicted octanol–water partition coefficient (Wildman–Crippen LogP) is 2.23. The van der Waals surface area contributed by atoms with E-state index in [-0.39, 0.29) is 19.5 Å². The Kier molecular flexibility index (Phi) is 15.4. The molecule has 0 aromatic heterocycles. The molecule has 1 atom stereocenters. The minimum atomic E-state index is -1.25. The largest absolute Gasteiger partial charge is 2.00 e. The van der Waals surface area contributed by atoms with E-state index >= 15 is 0 Å². The van der Waals surface area contributed by atoms with Crippen molar-refractivity contribution in [1.29, 1.82) is 0 Å². The van der Waals surface area contributed by atoms with E-state index in [1.807, 2.05) is 6.08 Å². The topological polar surface area (TPSA) is 153 Å². The van der Waals surface area contributed by atoms with Crippen LogP contribution in [0.25, 0.3) is 10.6 Å². The van der Waals surface area contributed by atoms with E-state index in [2.05, 4.69) is 40.3 Å². The van der Waals surface area contributed by atoms with Crippen molar-refractivity contribution in [2.45, 2.75) is 25.4 Å². The van der Waals surface area contributed by atoms with Crippen LogP contribution in [-0.2, 0) is 19.5 Å². The van der Waals surface area contributed by atoms with Crippen molar-refractivity contribution in [2.75, 3.05) is 19.6 Å². The van der Waals surface area contributed by atoms with Crippen molar-refractivity contribution in [3.05, 3.63) is 57.2 Å². The molecule has 0 aromatic carbocycles. The number of hydrogen-bond acceptors (Lipinski definition) is 3. The van der Waals surface area contributed by atoms with E-state index in [1.54, 1.807) is 0 Å². The van der Waals surface area contributed by atoms with Crippen LogP contribution in [0.3, 0.4) is 0 Å². The third kappa shape index (κ3) is 13.9. The Morgan fingerprint density at radius 1 is 1.24 bits per heavy atom. The summed E-state index contributed by atoms with van der Waals surface area (Å²) in [4.78, 5) is 19.2. The van der Waals surface area contributed by atoms with Gasteiger partial charge in [-0.25, -0.2) is 20.8 Å². The Morgan fingerprint density at radius 3 is 2.24 bits per heavy atom. The summed E-state index contributed by atoms with van der Waals surface area (Å²) in [6.45, 7) is 6.42. The molecule has 2 rings (SSSR count). The summed E-state index contributed by atoms with van der Waals surface area (Å²) < 4.78 is 0. The summed E-state index contributed by atoms with van der Waals surface area (Å²) in [6.07, 6.45) is 12.1. The van der Waals surface area contributed by atoms with Crippen LogP contribution in [0.4, 0.5) is 0 Å². The van der Waals surface area contributed by atoms with E-state index in [4.69, 9.17) is 30.6 Å². The number of allylic oxidation sites excluding steroid dienone is 2. The average Bonchev–Trinajstić information content (AvgIpc) is 2.53. The first-order valence-corrected chi connectivity index (χ1v) is 7.17. The molecule has 0 radical (unpaired) electrons. The van der Waals surface area contributed by atoms with Crippen LogP contribution in [0, 0.1) is 9.81 Å². The van der Waals surface area contributed by atoms with Crippen LogP contribution < -0.4 is 0 Å². The molecule has 4 N–H and O–H groups in total. The maximum atomic E-state index is 8.47. The molecule has 2 aliphatic rings. The molecule has 136 valence electrons. The first kappa shape index (κ1) is 25.0. The monoisotopic (exact) mass is 409 g/mol. The van der Waals surface area contributed by atoms with Gasteiger partial charge in [-0.1, -0.05) is 49.4 Å². The molecule has 1 saturated heterocycles. The second kappa shape index (κ2) is 15.3. The minimum Gasteiger partial charge on any atom is -0.660 e. The average molecular weight is 411 g/mol. The molecule has 0 aromatic rings. The van der Waals surface area contributed by atoms with Gasteiger partial charge in [-0.15, -0.1) is 19.3 Å². The molecule has 1 fully saturated rings. The first-order chi connectivity index (χ1) is 11.4. The second-order valence-electron chi connectivity index (χ2n) is 4.62. The molecular formula is C13H23N5O6Zn+2. The Morgan fingerprint density at radius 2 is 1.84 bits per heavy atom. The van der Waals surface area contributed by atoms with Crippen molar-refractivity contribution >= 4 is 0 Å². The van der Waals surface area contributed by atoms with Crippen LogP contribution in [0.5, 0.6) is 0 Å². The Balaban J connectivity index is 0. The molecule has 0 spiro atoms. The Labute approximate surface area is 158 Å². The molecule has 0 saturated carbocycles. The fraction of sp³-hybridized carbons (Fsp3) is 0.538. The fourth-order valence-electron chi connectivity index (χ4n) is 2.13. The quantitative estimate of drug-likeness (QED) is 0.315. The molecule has 11 nitrogen and oxygen atoms in total. The van der Waals surface area contributed by atoms with Gasteiger partial charge in [0.2, 0.25) is 0 Å². The Bertz CT molecular complexity index is 448. The molecule has 2 aliphatic heterocycles. The van der Waals surface area contributed by atoms with Gasteiger partial charge in [0.05, 0.1) is 0 Å². The molecule has 25 heavy (non-hydrogen) atoms.